The van der Waals surface area contributed by atoms with Gasteiger partial charge in [0.05, 0.1) is 11.9 Å². The maximum atomic E-state index is 14.8. The summed E-state index contributed by atoms with van der Waals surface area (Å²) in [6.45, 7) is 1.95. The number of aromatic nitrogens is 4. The number of ether oxygens (including phenoxy) is 1. The van der Waals surface area contributed by atoms with E-state index >= 15 is 0 Å². The van der Waals surface area contributed by atoms with E-state index in [2.05, 4.69) is 31.7 Å². The van der Waals surface area contributed by atoms with Gasteiger partial charge in [-0.1, -0.05) is 36.4 Å². The van der Waals surface area contributed by atoms with Crippen molar-refractivity contribution in [3.63, 3.8) is 0 Å². The van der Waals surface area contributed by atoms with E-state index in [1.54, 1.807) is 43.4 Å². The zero-order chi connectivity index (χ0) is 30.4. The Kier molecular flexibility index (Phi) is 7.63. The second-order valence-corrected chi connectivity index (χ2v) is 12.8. The number of piperidine rings is 1. The molecule has 0 spiro atoms. The van der Waals surface area contributed by atoms with Gasteiger partial charge in [-0.3, -0.25) is 4.68 Å². The molecule has 0 unspecified atom stereocenters. The Labute approximate surface area is 247 Å². The maximum Gasteiger partial charge on any atom is 0.423 e. The third kappa shape index (κ3) is 6.37. The van der Waals surface area contributed by atoms with Gasteiger partial charge in [0.25, 0.3) is 10.0 Å². The van der Waals surface area contributed by atoms with Crippen molar-refractivity contribution in [1.29, 1.82) is 0 Å². The molecule has 9 nitrogen and oxygen atoms in total. The minimum absolute atomic E-state index is 0.0965. The Balaban J connectivity index is 1.43. The molecule has 2 aliphatic rings. The number of nitrogens with zero attached hydrogens (tertiary/aromatic N) is 5. The van der Waals surface area contributed by atoms with E-state index in [9.17, 15) is 21.6 Å². The molecule has 2 fully saturated rings. The first kappa shape index (κ1) is 29.1. The lowest BCUT2D eigenvalue weighted by Crippen LogP contribution is -2.29. The van der Waals surface area contributed by atoms with Crippen LogP contribution in [0, 0.1) is 0 Å². The van der Waals surface area contributed by atoms with Gasteiger partial charge in [-0.15, -0.1) is 0 Å². The number of alkyl halides is 3. The largest absolute Gasteiger partial charge is 0.438 e. The predicted octanol–water partition coefficient (Wildman–Crippen LogP) is 6.18. The van der Waals surface area contributed by atoms with E-state index in [1.165, 1.54) is 10.9 Å². The van der Waals surface area contributed by atoms with E-state index < -0.39 is 39.3 Å². The highest BCUT2D eigenvalue weighted by Gasteiger charge is 2.42. The van der Waals surface area contributed by atoms with Gasteiger partial charge < -0.3 is 9.64 Å². The van der Waals surface area contributed by atoms with Crippen LogP contribution in [0.5, 0.6) is 11.6 Å². The number of likely N-dealkylation sites (tertiary alicyclic amines) is 1. The van der Waals surface area contributed by atoms with E-state index in [4.69, 9.17) is 4.74 Å². The maximum absolute atomic E-state index is 14.8. The van der Waals surface area contributed by atoms with Gasteiger partial charge >= 0.3 is 6.18 Å². The Morgan fingerprint density at radius 1 is 0.930 bits per heavy atom. The first-order chi connectivity index (χ1) is 20.5. The first-order valence-corrected chi connectivity index (χ1v) is 15.5. The number of hydrogen-bond donors (Lipinski definition) is 1. The Hall–Kier alpha value is -3.97. The molecule has 1 aliphatic heterocycles. The van der Waals surface area contributed by atoms with Gasteiger partial charge in [-0.05, 0) is 80.9 Å². The molecule has 1 N–H and O–H groups in total. The quantitative estimate of drug-likeness (QED) is 0.254. The summed E-state index contributed by atoms with van der Waals surface area (Å²) in [4.78, 5) is 10.2. The fourth-order valence-corrected chi connectivity index (χ4v) is 6.38. The van der Waals surface area contributed by atoms with Crippen molar-refractivity contribution in [1.82, 2.24) is 24.6 Å². The van der Waals surface area contributed by atoms with E-state index in [-0.39, 0.29) is 22.1 Å². The van der Waals surface area contributed by atoms with Crippen LogP contribution in [0.1, 0.15) is 54.2 Å². The smallest absolute Gasteiger partial charge is 0.423 e. The molecule has 1 saturated carbocycles. The van der Waals surface area contributed by atoms with Crippen molar-refractivity contribution in [2.75, 3.05) is 24.9 Å². The lowest BCUT2D eigenvalue weighted by atomic mass is 9.90. The number of nitrogens with one attached hydrogen (secondary N) is 1. The van der Waals surface area contributed by atoms with Gasteiger partial charge in [0.1, 0.15) is 16.2 Å². The molecular formula is C30H31F3N6O3S. The summed E-state index contributed by atoms with van der Waals surface area (Å²) < 4.78 is 79.9. The van der Waals surface area contributed by atoms with Gasteiger partial charge in [0.2, 0.25) is 11.8 Å². The number of hydrogen-bond acceptors (Lipinski definition) is 7. The molecule has 4 aromatic rings. The molecule has 0 amide bonds. The number of anilines is 1. The molecule has 0 atom stereocenters. The number of aryl methyl sites for hydroxylation is 1. The summed E-state index contributed by atoms with van der Waals surface area (Å²) in [6, 6.07) is 13.7. The van der Waals surface area contributed by atoms with Gasteiger partial charge in [0.15, 0.2) is 0 Å². The zero-order valence-electron chi connectivity index (χ0n) is 23.7. The van der Waals surface area contributed by atoms with Crippen molar-refractivity contribution >= 4 is 16.0 Å². The van der Waals surface area contributed by atoms with Gasteiger partial charge in [0, 0.05) is 18.8 Å². The minimum Gasteiger partial charge on any atom is -0.438 e. The highest BCUT2D eigenvalue weighted by molar-refractivity contribution is 7.92. The number of halogens is 3. The molecule has 0 radical (unpaired) electrons. The van der Waals surface area contributed by atoms with Crippen LogP contribution in [0.25, 0.3) is 11.3 Å². The second-order valence-electron chi connectivity index (χ2n) is 11.1. The summed E-state index contributed by atoms with van der Waals surface area (Å²) >= 11 is 0. The van der Waals surface area contributed by atoms with E-state index in [0.717, 1.165) is 50.5 Å². The van der Waals surface area contributed by atoms with Crippen LogP contribution < -0.4 is 9.46 Å². The topological polar surface area (TPSA) is 102 Å². The third-order valence-corrected chi connectivity index (χ3v) is 9.18. The van der Waals surface area contributed by atoms with Crippen LogP contribution in [0.3, 0.4) is 0 Å². The monoisotopic (exact) mass is 612 g/mol. The standard InChI is InChI=1S/C30H31F3N6O3S/c1-38-15-13-20(14-16-38)19-9-11-22(12-10-19)42-28-26(30(31,32)33)27(25-6-4-3-5-24(25)21-7-8-21)35-29(36-28)37-43(40,41)23-17-34-39(2)18-23/h3-6,9-12,17-18,20-21H,7-8,13-16H2,1-2H3,(H,35,36,37). The van der Waals surface area contributed by atoms with Crippen molar-refractivity contribution in [3.05, 3.63) is 77.6 Å². The van der Waals surface area contributed by atoms with Crippen LogP contribution in [0.15, 0.2) is 65.8 Å². The summed E-state index contributed by atoms with van der Waals surface area (Å²) in [5, 5.41) is 3.87. The highest BCUT2D eigenvalue weighted by atomic mass is 32.2. The van der Waals surface area contributed by atoms with Crippen LogP contribution in [-0.2, 0) is 23.2 Å². The summed E-state index contributed by atoms with van der Waals surface area (Å²) in [5.41, 5.74) is 0.421. The SMILES string of the molecule is CN1CCC(c2ccc(Oc3nc(NS(=O)(=O)c4cnn(C)c4)nc(-c4ccccc4C4CC4)c3C(F)(F)F)cc2)CC1. The van der Waals surface area contributed by atoms with Crippen molar-refractivity contribution in [3.8, 4) is 22.9 Å². The number of benzene rings is 2. The average Bonchev–Trinajstić information content (AvgIpc) is 3.71. The lowest BCUT2D eigenvalue weighted by molar-refractivity contribution is -0.138. The van der Waals surface area contributed by atoms with Crippen molar-refractivity contribution < 1.29 is 26.3 Å². The van der Waals surface area contributed by atoms with Crippen LogP contribution in [-0.4, -0.2) is 53.2 Å². The second kappa shape index (κ2) is 11.3. The summed E-state index contributed by atoms with van der Waals surface area (Å²) in [6.07, 6.45) is 1.15. The molecule has 1 aliphatic carbocycles. The molecular weight excluding hydrogens is 581 g/mol. The van der Waals surface area contributed by atoms with Crippen LogP contribution in [0.2, 0.25) is 0 Å². The highest BCUT2D eigenvalue weighted by Crippen LogP contribution is 2.48. The number of sulfonamides is 1. The average molecular weight is 613 g/mol. The van der Waals surface area contributed by atoms with E-state index in [0.29, 0.717) is 11.5 Å². The molecule has 6 rings (SSSR count). The molecule has 226 valence electrons. The minimum atomic E-state index is -4.91. The first-order valence-electron chi connectivity index (χ1n) is 14.0. The van der Waals surface area contributed by atoms with Crippen molar-refractivity contribution in [2.24, 2.45) is 7.05 Å². The zero-order valence-corrected chi connectivity index (χ0v) is 24.5. The normalized spacial score (nSPS) is 16.8. The molecule has 13 heteroatoms. The molecule has 43 heavy (non-hydrogen) atoms. The molecule has 3 heterocycles. The third-order valence-electron chi connectivity index (χ3n) is 7.89. The lowest BCUT2D eigenvalue weighted by Gasteiger charge is -2.29. The van der Waals surface area contributed by atoms with Crippen LogP contribution >= 0.6 is 0 Å². The predicted molar refractivity (Wildman–Crippen MR) is 154 cm³/mol. The van der Waals surface area contributed by atoms with Gasteiger partial charge in [-0.25, -0.2) is 18.1 Å². The van der Waals surface area contributed by atoms with Gasteiger partial charge in [-0.2, -0.15) is 23.3 Å². The summed E-state index contributed by atoms with van der Waals surface area (Å²) in [5.74, 6) is -0.744. The Bertz CT molecular complexity index is 1730. The molecule has 1 saturated heterocycles. The number of rotatable bonds is 8. The Morgan fingerprint density at radius 3 is 2.26 bits per heavy atom. The molecule has 2 aromatic carbocycles. The summed E-state index contributed by atoms with van der Waals surface area (Å²) in [7, 11) is -0.639. The molecule has 0 bridgehead atoms. The fourth-order valence-electron chi connectivity index (χ4n) is 5.45. The van der Waals surface area contributed by atoms with Crippen LogP contribution in [0.4, 0.5) is 19.1 Å². The molecule has 2 aromatic heterocycles. The van der Waals surface area contributed by atoms with Crippen molar-refractivity contribution in [2.45, 2.75) is 48.6 Å². The van der Waals surface area contributed by atoms with E-state index in [1.807, 2.05) is 12.1 Å². The fraction of sp³-hybridized carbons (Fsp3) is 0.367. The Morgan fingerprint density at radius 2 is 1.63 bits per heavy atom.